The Kier molecular flexibility index (Phi) is 12.0. The SMILES string of the molecule is C#CCN(CC(=O)N[C@@H]1O[C@H](COC(C)=O)[C@@H](OC(C)=O)[C@H](OC(C)=O)[C@H]1NC(C)=O)C(=O)CCl. The molecule has 14 heteroatoms. The smallest absolute Gasteiger partial charge is 0.303 e. The van der Waals surface area contributed by atoms with Crippen LogP contribution in [0.3, 0.4) is 0 Å². The second-order valence-electron chi connectivity index (χ2n) is 7.43. The Morgan fingerprint density at radius 2 is 1.57 bits per heavy atom. The third kappa shape index (κ3) is 9.79. The average Bonchev–Trinajstić information content (AvgIpc) is 2.74. The number of carbonyl (C=O) groups excluding carboxylic acids is 6. The maximum Gasteiger partial charge on any atom is 0.303 e. The summed E-state index contributed by atoms with van der Waals surface area (Å²) in [4.78, 5) is 72.5. The Bertz CT molecular complexity index is 874. The van der Waals surface area contributed by atoms with Gasteiger partial charge in [-0.2, -0.15) is 0 Å². The van der Waals surface area contributed by atoms with Crippen LogP contribution in [0.25, 0.3) is 0 Å². The zero-order valence-corrected chi connectivity index (χ0v) is 20.5. The molecule has 1 aliphatic heterocycles. The fraction of sp³-hybridized carbons (Fsp3) is 0.619. The zero-order valence-electron chi connectivity index (χ0n) is 19.7. The van der Waals surface area contributed by atoms with Crippen molar-refractivity contribution in [1.82, 2.24) is 15.5 Å². The fourth-order valence-corrected chi connectivity index (χ4v) is 3.43. The second-order valence-corrected chi connectivity index (χ2v) is 7.69. The highest BCUT2D eigenvalue weighted by Crippen LogP contribution is 2.26. The van der Waals surface area contributed by atoms with Crippen LogP contribution in [-0.4, -0.2) is 96.7 Å². The Morgan fingerprint density at radius 1 is 0.971 bits per heavy atom. The van der Waals surface area contributed by atoms with Gasteiger partial charge in [0.2, 0.25) is 17.7 Å². The standard InChI is InChI=1S/C21H28ClN3O10/c1-6-7-25(17(31)8-22)9-16(30)24-21-18(23-11(2)26)20(34-14(5)29)19(33-13(4)28)15(35-21)10-32-12(3)27/h1,15,18-21H,7-10H2,2-5H3,(H,23,26)(H,24,30)/t15-,18-,19-,20-,21-/m1/s1. The molecule has 1 saturated heterocycles. The van der Waals surface area contributed by atoms with E-state index in [1.54, 1.807) is 0 Å². The van der Waals surface area contributed by atoms with Crippen molar-refractivity contribution < 1.29 is 47.7 Å². The lowest BCUT2D eigenvalue weighted by molar-refractivity contribution is -0.228. The molecule has 3 amide bonds. The summed E-state index contributed by atoms with van der Waals surface area (Å²) in [5, 5.41) is 4.99. The van der Waals surface area contributed by atoms with Gasteiger partial charge in [0.05, 0.1) is 6.54 Å². The van der Waals surface area contributed by atoms with Crippen molar-refractivity contribution in [1.29, 1.82) is 0 Å². The van der Waals surface area contributed by atoms with E-state index in [-0.39, 0.29) is 6.54 Å². The minimum atomic E-state index is -1.36. The van der Waals surface area contributed by atoms with Crippen molar-refractivity contribution in [2.75, 3.05) is 25.6 Å². The normalized spacial score (nSPS) is 23.1. The molecule has 5 atom stereocenters. The molecule has 0 aromatic carbocycles. The van der Waals surface area contributed by atoms with Crippen molar-refractivity contribution in [3.63, 3.8) is 0 Å². The molecular weight excluding hydrogens is 490 g/mol. The first kappa shape index (κ1) is 29.7. The van der Waals surface area contributed by atoms with Crippen molar-refractivity contribution in [3.8, 4) is 12.3 Å². The lowest BCUT2D eigenvalue weighted by atomic mass is 9.95. The zero-order chi connectivity index (χ0) is 26.7. The summed E-state index contributed by atoms with van der Waals surface area (Å²) >= 11 is 5.55. The average molecular weight is 518 g/mol. The molecule has 13 nitrogen and oxygen atoms in total. The molecule has 0 radical (unpaired) electrons. The number of hydrogen-bond acceptors (Lipinski definition) is 10. The van der Waals surface area contributed by atoms with E-state index in [4.69, 9.17) is 37.0 Å². The highest BCUT2D eigenvalue weighted by molar-refractivity contribution is 6.27. The molecule has 1 aliphatic rings. The van der Waals surface area contributed by atoms with Gasteiger partial charge in [-0.05, 0) is 0 Å². The van der Waals surface area contributed by atoms with Crippen LogP contribution in [0.1, 0.15) is 27.7 Å². The number of halogens is 1. The van der Waals surface area contributed by atoms with E-state index in [9.17, 15) is 28.8 Å². The Labute approximate surface area is 207 Å². The number of esters is 3. The highest BCUT2D eigenvalue weighted by Gasteiger charge is 2.51. The molecule has 0 aromatic rings. The van der Waals surface area contributed by atoms with Crippen LogP contribution in [0.15, 0.2) is 0 Å². The fourth-order valence-electron chi connectivity index (χ4n) is 3.26. The summed E-state index contributed by atoms with van der Waals surface area (Å²) in [6, 6.07) is -1.23. The summed E-state index contributed by atoms with van der Waals surface area (Å²) in [6.45, 7) is 3.38. The number of carbonyl (C=O) groups is 6. The van der Waals surface area contributed by atoms with Gasteiger partial charge in [-0.25, -0.2) is 0 Å². The third-order valence-corrected chi connectivity index (χ3v) is 4.73. The molecule has 1 heterocycles. The van der Waals surface area contributed by atoms with Crippen LogP contribution in [0, 0.1) is 12.3 Å². The maximum absolute atomic E-state index is 12.7. The predicted octanol–water partition coefficient (Wildman–Crippen LogP) is -1.54. The summed E-state index contributed by atoms with van der Waals surface area (Å²) < 4.78 is 21.4. The molecule has 0 aliphatic carbocycles. The van der Waals surface area contributed by atoms with Crippen LogP contribution >= 0.6 is 11.6 Å². The van der Waals surface area contributed by atoms with E-state index < -0.39 is 85.2 Å². The van der Waals surface area contributed by atoms with Crippen molar-refractivity contribution >= 4 is 47.2 Å². The lowest BCUT2D eigenvalue weighted by Gasteiger charge is -2.45. The number of hydrogen-bond donors (Lipinski definition) is 2. The first-order valence-electron chi connectivity index (χ1n) is 10.4. The minimum Gasteiger partial charge on any atom is -0.463 e. The van der Waals surface area contributed by atoms with Crippen molar-refractivity contribution in [2.45, 2.75) is 58.3 Å². The molecular formula is C21H28ClN3O10. The van der Waals surface area contributed by atoms with E-state index >= 15 is 0 Å². The number of nitrogens with one attached hydrogen (secondary N) is 2. The van der Waals surface area contributed by atoms with Crippen LogP contribution in [0.4, 0.5) is 0 Å². The van der Waals surface area contributed by atoms with Gasteiger partial charge in [-0.3, -0.25) is 28.8 Å². The van der Waals surface area contributed by atoms with Crippen LogP contribution in [0.5, 0.6) is 0 Å². The molecule has 1 rings (SSSR count). The van der Waals surface area contributed by atoms with Gasteiger partial charge in [0.25, 0.3) is 0 Å². The van der Waals surface area contributed by atoms with Gasteiger partial charge in [-0.15, -0.1) is 18.0 Å². The summed E-state index contributed by atoms with van der Waals surface area (Å²) in [5.74, 6) is -2.32. The third-order valence-electron chi connectivity index (χ3n) is 4.50. The highest BCUT2D eigenvalue weighted by atomic mass is 35.5. The molecule has 2 N–H and O–H groups in total. The predicted molar refractivity (Wildman–Crippen MR) is 118 cm³/mol. The molecule has 35 heavy (non-hydrogen) atoms. The van der Waals surface area contributed by atoms with E-state index in [1.165, 1.54) is 6.92 Å². The maximum atomic E-state index is 12.7. The first-order valence-corrected chi connectivity index (χ1v) is 10.9. The number of alkyl halides is 1. The van der Waals surface area contributed by atoms with Crippen LogP contribution in [0.2, 0.25) is 0 Å². The Morgan fingerprint density at radius 3 is 2.06 bits per heavy atom. The van der Waals surface area contributed by atoms with Gasteiger partial charge in [0.15, 0.2) is 18.4 Å². The first-order chi connectivity index (χ1) is 16.4. The second kappa shape index (κ2) is 14.1. The summed E-state index contributed by atoms with van der Waals surface area (Å²) in [5.41, 5.74) is 0. The van der Waals surface area contributed by atoms with Gasteiger partial charge in [-0.1, -0.05) is 5.92 Å². The van der Waals surface area contributed by atoms with Gasteiger partial charge < -0.3 is 34.5 Å². The quantitative estimate of drug-likeness (QED) is 0.150. The molecule has 0 spiro atoms. The van der Waals surface area contributed by atoms with Crippen LogP contribution in [-0.2, 0) is 47.7 Å². The molecule has 194 valence electrons. The number of amides is 3. The van der Waals surface area contributed by atoms with E-state index in [0.717, 1.165) is 25.7 Å². The Balaban J connectivity index is 3.32. The lowest BCUT2D eigenvalue weighted by Crippen LogP contribution is -2.70. The van der Waals surface area contributed by atoms with E-state index in [0.29, 0.717) is 0 Å². The number of terminal acetylenes is 1. The van der Waals surface area contributed by atoms with Crippen molar-refractivity contribution in [3.05, 3.63) is 0 Å². The van der Waals surface area contributed by atoms with E-state index in [2.05, 4.69) is 16.6 Å². The minimum absolute atomic E-state index is 0.195. The molecule has 0 saturated carbocycles. The summed E-state index contributed by atoms with van der Waals surface area (Å²) in [7, 11) is 0. The molecule has 0 aromatic heterocycles. The molecule has 0 bridgehead atoms. The van der Waals surface area contributed by atoms with Gasteiger partial charge in [0, 0.05) is 27.7 Å². The Hall–Kier alpha value is -3.37. The topological polar surface area (TPSA) is 167 Å². The molecule has 0 unspecified atom stereocenters. The molecule has 1 fully saturated rings. The number of ether oxygens (including phenoxy) is 4. The van der Waals surface area contributed by atoms with Gasteiger partial charge >= 0.3 is 17.9 Å². The number of rotatable bonds is 10. The van der Waals surface area contributed by atoms with Crippen LogP contribution < -0.4 is 10.6 Å². The van der Waals surface area contributed by atoms with Gasteiger partial charge in [0.1, 0.15) is 31.2 Å². The number of nitrogens with zero attached hydrogens (tertiary/aromatic N) is 1. The largest absolute Gasteiger partial charge is 0.463 e. The summed E-state index contributed by atoms with van der Waals surface area (Å²) in [6.07, 6.45) is 0.0222. The monoisotopic (exact) mass is 517 g/mol. The van der Waals surface area contributed by atoms with Crippen molar-refractivity contribution in [2.24, 2.45) is 0 Å². The van der Waals surface area contributed by atoms with E-state index in [1.807, 2.05) is 0 Å².